The van der Waals surface area contributed by atoms with E-state index in [4.69, 9.17) is 17.0 Å². The van der Waals surface area contributed by atoms with E-state index in [1.165, 1.54) is 11.3 Å². The first kappa shape index (κ1) is 19.3. The van der Waals surface area contributed by atoms with Crippen LogP contribution in [0, 0.1) is 6.92 Å². The molecular weight excluding hydrogens is 392 g/mol. The molecule has 4 heterocycles. The summed E-state index contributed by atoms with van der Waals surface area (Å²) in [6, 6.07) is 18.9. The molecule has 2 saturated heterocycles. The van der Waals surface area contributed by atoms with E-state index in [-0.39, 0.29) is 18.2 Å². The number of ether oxygens (including phenoxy) is 1. The highest BCUT2D eigenvalue weighted by atomic mass is 32.1. The molecule has 30 heavy (non-hydrogen) atoms. The topological polar surface area (TPSA) is 42.3 Å². The van der Waals surface area contributed by atoms with Crippen molar-refractivity contribution < 1.29 is 4.74 Å². The number of nitrogens with zero attached hydrogens (tertiary/aromatic N) is 3. The highest BCUT2D eigenvalue weighted by Gasteiger charge is 2.42. The van der Waals surface area contributed by atoms with Gasteiger partial charge in [-0.15, -0.1) is 0 Å². The maximum atomic E-state index is 5.92. The van der Waals surface area contributed by atoms with Crippen LogP contribution in [0.15, 0.2) is 67.0 Å². The number of hydrogen-bond acceptors (Lipinski definition) is 3. The van der Waals surface area contributed by atoms with Gasteiger partial charge in [0.05, 0.1) is 17.8 Å². The Bertz CT molecular complexity index is 1030. The van der Waals surface area contributed by atoms with Crippen LogP contribution in [-0.2, 0) is 11.3 Å². The average Bonchev–Trinajstić information content (AvgIpc) is 3.49. The van der Waals surface area contributed by atoms with Gasteiger partial charge in [0, 0.05) is 36.9 Å². The zero-order valence-corrected chi connectivity index (χ0v) is 17.9. The molecule has 2 aliphatic heterocycles. The fourth-order valence-electron chi connectivity index (χ4n) is 4.58. The van der Waals surface area contributed by atoms with Crippen molar-refractivity contribution in [2.24, 2.45) is 0 Å². The van der Waals surface area contributed by atoms with Crippen molar-refractivity contribution in [3.05, 3.63) is 83.9 Å². The van der Waals surface area contributed by atoms with Crippen LogP contribution < -0.4 is 10.2 Å². The number of aromatic nitrogens is 2. The minimum Gasteiger partial charge on any atom is -0.376 e. The zero-order valence-electron chi connectivity index (χ0n) is 17.1. The van der Waals surface area contributed by atoms with Gasteiger partial charge in [0.15, 0.2) is 5.11 Å². The monoisotopic (exact) mass is 418 g/mol. The van der Waals surface area contributed by atoms with Gasteiger partial charge in [-0.2, -0.15) is 0 Å². The van der Waals surface area contributed by atoms with E-state index in [9.17, 15) is 0 Å². The maximum absolute atomic E-state index is 5.92. The Morgan fingerprint density at radius 2 is 2.10 bits per heavy atom. The van der Waals surface area contributed by atoms with Gasteiger partial charge in [0.1, 0.15) is 6.04 Å². The van der Waals surface area contributed by atoms with Crippen LogP contribution in [0.5, 0.6) is 0 Å². The van der Waals surface area contributed by atoms with Crippen LogP contribution in [0.3, 0.4) is 0 Å². The molecule has 5 rings (SSSR count). The van der Waals surface area contributed by atoms with Crippen LogP contribution in [0.1, 0.15) is 41.9 Å². The van der Waals surface area contributed by atoms with Crippen molar-refractivity contribution in [1.82, 2.24) is 14.9 Å². The largest absolute Gasteiger partial charge is 0.376 e. The molecule has 0 bridgehead atoms. The van der Waals surface area contributed by atoms with Crippen molar-refractivity contribution >= 4 is 23.0 Å². The molecule has 6 heteroatoms. The summed E-state index contributed by atoms with van der Waals surface area (Å²) < 4.78 is 8.24. The summed E-state index contributed by atoms with van der Waals surface area (Å²) in [6.07, 6.45) is 6.53. The molecule has 0 radical (unpaired) electrons. The third kappa shape index (κ3) is 3.61. The lowest BCUT2D eigenvalue weighted by atomic mass is 10.0. The molecule has 5 nitrogen and oxygen atoms in total. The summed E-state index contributed by atoms with van der Waals surface area (Å²) in [5.74, 6) is 0. The Balaban J connectivity index is 1.58. The van der Waals surface area contributed by atoms with Crippen molar-refractivity contribution in [1.29, 1.82) is 0 Å². The van der Waals surface area contributed by atoms with Gasteiger partial charge in [-0.25, -0.2) is 0 Å². The summed E-state index contributed by atoms with van der Waals surface area (Å²) in [6.45, 7) is 3.84. The van der Waals surface area contributed by atoms with E-state index in [1.54, 1.807) is 0 Å². The molecule has 0 saturated carbocycles. The second kappa shape index (κ2) is 8.20. The first-order valence-electron chi connectivity index (χ1n) is 10.5. The number of anilines is 1. The minimum atomic E-state index is -0.0302. The summed E-state index contributed by atoms with van der Waals surface area (Å²) in [5, 5.41) is 4.28. The molecule has 0 spiro atoms. The lowest BCUT2D eigenvalue weighted by molar-refractivity contribution is 0.0961. The second-order valence-corrected chi connectivity index (χ2v) is 8.44. The van der Waals surface area contributed by atoms with E-state index in [1.807, 2.05) is 18.3 Å². The molecule has 3 aromatic rings. The van der Waals surface area contributed by atoms with Crippen LogP contribution in [-0.4, -0.2) is 27.4 Å². The van der Waals surface area contributed by atoms with Crippen LogP contribution in [0.25, 0.3) is 0 Å². The van der Waals surface area contributed by atoms with Gasteiger partial charge >= 0.3 is 0 Å². The van der Waals surface area contributed by atoms with E-state index in [0.717, 1.165) is 42.5 Å². The summed E-state index contributed by atoms with van der Waals surface area (Å²) >= 11 is 5.83. The van der Waals surface area contributed by atoms with Crippen LogP contribution in [0.4, 0.5) is 5.69 Å². The lowest BCUT2D eigenvalue weighted by Crippen LogP contribution is -2.31. The summed E-state index contributed by atoms with van der Waals surface area (Å²) in [4.78, 5) is 6.89. The van der Waals surface area contributed by atoms with E-state index in [2.05, 4.69) is 75.4 Å². The van der Waals surface area contributed by atoms with Crippen molar-refractivity contribution in [2.45, 2.75) is 44.5 Å². The van der Waals surface area contributed by atoms with Gasteiger partial charge in [-0.1, -0.05) is 18.2 Å². The molecular formula is C24H26N4OS. The minimum absolute atomic E-state index is 0.00519. The molecule has 3 atom stereocenters. The Hall–Kier alpha value is -2.70. The molecule has 2 fully saturated rings. The van der Waals surface area contributed by atoms with Gasteiger partial charge in [-0.05, 0) is 73.9 Å². The van der Waals surface area contributed by atoms with Crippen molar-refractivity contribution in [3.63, 3.8) is 0 Å². The maximum Gasteiger partial charge on any atom is 0.174 e. The number of hydrogen-bond donors (Lipinski definition) is 1. The standard InChI is InChI=1S/C24H26N4OS/c1-17-7-4-8-18(15-17)28-23(22(26-24(28)30)20-10-2-3-12-25-20)21-11-5-13-27(21)16-19-9-6-14-29-19/h2-5,7-8,10-13,15,19,22-23H,6,9,14,16H2,1H3,(H,26,30)/t19-,22-,23-/m1/s1. The first-order chi connectivity index (χ1) is 14.7. The quantitative estimate of drug-likeness (QED) is 0.616. The predicted molar refractivity (Wildman–Crippen MR) is 123 cm³/mol. The number of thiocarbonyl (C=S) groups is 1. The number of rotatable bonds is 5. The van der Waals surface area contributed by atoms with Gasteiger partial charge < -0.3 is 19.5 Å². The molecule has 1 N–H and O–H groups in total. The van der Waals surface area contributed by atoms with Crippen molar-refractivity contribution in [2.75, 3.05) is 11.5 Å². The fraction of sp³-hybridized carbons (Fsp3) is 0.333. The number of nitrogens with one attached hydrogen (secondary N) is 1. The Morgan fingerprint density at radius 1 is 1.17 bits per heavy atom. The van der Waals surface area contributed by atoms with E-state index >= 15 is 0 Å². The predicted octanol–water partition coefficient (Wildman–Crippen LogP) is 4.55. The molecule has 0 amide bonds. The summed E-state index contributed by atoms with van der Waals surface area (Å²) in [5.41, 5.74) is 4.52. The highest BCUT2D eigenvalue weighted by Crippen LogP contribution is 2.41. The normalized spacial score (nSPS) is 23.7. The molecule has 0 unspecified atom stereocenters. The fourth-order valence-corrected chi connectivity index (χ4v) is 4.93. The summed E-state index contributed by atoms with van der Waals surface area (Å²) in [7, 11) is 0. The SMILES string of the molecule is Cc1cccc(N2C(=S)N[C@H](c3ccccn3)[C@H]2c2cccn2C[C@H]2CCCO2)c1. The molecule has 2 aliphatic rings. The highest BCUT2D eigenvalue weighted by molar-refractivity contribution is 7.80. The van der Waals surface area contributed by atoms with Crippen LogP contribution in [0.2, 0.25) is 0 Å². The smallest absolute Gasteiger partial charge is 0.174 e. The molecule has 2 aromatic heterocycles. The Labute approximate surface area is 182 Å². The van der Waals surface area contributed by atoms with Crippen LogP contribution >= 0.6 is 12.2 Å². The third-order valence-corrected chi connectivity index (χ3v) is 6.28. The Kier molecular flexibility index (Phi) is 5.27. The van der Waals surface area contributed by atoms with Gasteiger partial charge in [-0.3, -0.25) is 4.98 Å². The number of benzene rings is 1. The van der Waals surface area contributed by atoms with Gasteiger partial charge in [0.2, 0.25) is 0 Å². The van der Waals surface area contributed by atoms with Crippen molar-refractivity contribution in [3.8, 4) is 0 Å². The Morgan fingerprint density at radius 3 is 2.87 bits per heavy atom. The molecule has 1 aromatic carbocycles. The zero-order chi connectivity index (χ0) is 20.5. The number of pyridine rings is 1. The second-order valence-electron chi connectivity index (χ2n) is 8.06. The molecule has 0 aliphatic carbocycles. The van der Waals surface area contributed by atoms with E-state index in [0.29, 0.717) is 0 Å². The number of aryl methyl sites for hydroxylation is 1. The van der Waals surface area contributed by atoms with Gasteiger partial charge in [0.25, 0.3) is 0 Å². The first-order valence-corrected chi connectivity index (χ1v) is 11.0. The lowest BCUT2D eigenvalue weighted by Gasteiger charge is -2.29. The third-order valence-electron chi connectivity index (χ3n) is 5.97. The molecule has 154 valence electrons. The average molecular weight is 419 g/mol. The van der Waals surface area contributed by atoms with E-state index < -0.39 is 0 Å².